The van der Waals surface area contributed by atoms with Gasteiger partial charge in [-0.1, -0.05) is 29.8 Å². The van der Waals surface area contributed by atoms with E-state index in [0.29, 0.717) is 0 Å². The van der Waals surface area contributed by atoms with E-state index < -0.39 is 24.1 Å². The highest BCUT2D eigenvalue weighted by molar-refractivity contribution is 9.09. The number of hydrogen-bond donors (Lipinski definition) is 0. The fourth-order valence-electron chi connectivity index (χ4n) is 1.82. The Bertz CT molecular complexity index is 306. The first kappa shape index (κ1) is 14.4. The summed E-state index contributed by atoms with van der Waals surface area (Å²) in [5.41, 5.74) is 0. The molecular formula is C11H17BrO5. The van der Waals surface area contributed by atoms with Crippen LogP contribution in [0.5, 0.6) is 0 Å². The van der Waals surface area contributed by atoms with Gasteiger partial charge in [-0.25, -0.2) is 4.79 Å². The lowest BCUT2D eigenvalue weighted by Gasteiger charge is -2.40. The van der Waals surface area contributed by atoms with Crippen LogP contribution < -0.4 is 0 Å². The zero-order chi connectivity index (χ0) is 13.2. The Labute approximate surface area is 109 Å². The molecule has 17 heavy (non-hydrogen) atoms. The van der Waals surface area contributed by atoms with Crippen molar-refractivity contribution in [3.63, 3.8) is 0 Å². The average molecular weight is 309 g/mol. The molecule has 1 saturated heterocycles. The van der Waals surface area contributed by atoms with Gasteiger partial charge >= 0.3 is 11.9 Å². The first-order chi connectivity index (χ1) is 7.88. The van der Waals surface area contributed by atoms with E-state index >= 15 is 0 Å². The van der Waals surface area contributed by atoms with E-state index in [4.69, 9.17) is 9.47 Å². The maximum atomic E-state index is 11.6. The van der Waals surface area contributed by atoms with E-state index in [1.165, 1.54) is 14.0 Å². The standard InChI is InChI=1S/C11H17BrO5/c1-5-6(2)10(12)17-9(11(14)15-4)8(5)16-7(3)13/h5-6,8-10H,1-4H3/t5-,6-,8?,9+,10+/m1/s1. The van der Waals surface area contributed by atoms with E-state index in [9.17, 15) is 9.59 Å². The molecule has 1 rings (SSSR count). The number of alkyl halides is 1. The Kier molecular flexibility index (Phi) is 4.94. The van der Waals surface area contributed by atoms with E-state index in [0.717, 1.165) is 0 Å². The van der Waals surface area contributed by atoms with Crippen LogP contribution >= 0.6 is 15.9 Å². The number of carbonyl (C=O) groups excluding carboxylic acids is 2. The van der Waals surface area contributed by atoms with Crippen molar-refractivity contribution in [2.24, 2.45) is 11.8 Å². The van der Waals surface area contributed by atoms with Crippen LogP contribution in [-0.2, 0) is 23.8 Å². The summed E-state index contributed by atoms with van der Waals surface area (Å²) in [5.74, 6) is -0.833. The number of hydrogen-bond acceptors (Lipinski definition) is 5. The molecule has 1 aliphatic heterocycles. The van der Waals surface area contributed by atoms with Crippen LogP contribution in [0.15, 0.2) is 0 Å². The lowest BCUT2D eigenvalue weighted by Crippen LogP contribution is -2.52. The van der Waals surface area contributed by atoms with Crippen molar-refractivity contribution < 1.29 is 23.8 Å². The molecular weight excluding hydrogens is 292 g/mol. The maximum absolute atomic E-state index is 11.6. The van der Waals surface area contributed by atoms with Crippen molar-refractivity contribution in [3.05, 3.63) is 0 Å². The summed E-state index contributed by atoms with van der Waals surface area (Å²) in [6, 6.07) is 0. The average Bonchev–Trinajstić information content (AvgIpc) is 2.28. The second kappa shape index (κ2) is 5.82. The second-order valence-electron chi connectivity index (χ2n) is 4.22. The van der Waals surface area contributed by atoms with Crippen LogP contribution in [0.25, 0.3) is 0 Å². The topological polar surface area (TPSA) is 61.8 Å². The van der Waals surface area contributed by atoms with Crippen molar-refractivity contribution in [3.8, 4) is 0 Å². The monoisotopic (exact) mass is 308 g/mol. The number of ether oxygens (including phenoxy) is 3. The van der Waals surface area contributed by atoms with Crippen LogP contribution in [0.4, 0.5) is 0 Å². The lowest BCUT2D eigenvalue weighted by atomic mass is 9.85. The maximum Gasteiger partial charge on any atom is 0.338 e. The van der Waals surface area contributed by atoms with Gasteiger partial charge in [-0.2, -0.15) is 0 Å². The van der Waals surface area contributed by atoms with Gasteiger partial charge in [-0.3, -0.25) is 4.79 Å². The van der Waals surface area contributed by atoms with Crippen LogP contribution in [0, 0.1) is 11.8 Å². The van der Waals surface area contributed by atoms with Gasteiger partial charge in [0.15, 0.2) is 6.10 Å². The summed E-state index contributed by atoms with van der Waals surface area (Å²) in [7, 11) is 1.28. The lowest BCUT2D eigenvalue weighted by molar-refractivity contribution is -0.195. The van der Waals surface area contributed by atoms with Gasteiger partial charge in [0, 0.05) is 12.8 Å². The van der Waals surface area contributed by atoms with Gasteiger partial charge in [0.25, 0.3) is 0 Å². The summed E-state index contributed by atoms with van der Waals surface area (Å²) in [5, 5.41) is -0.256. The Balaban J connectivity index is 2.90. The van der Waals surface area contributed by atoms with Crippen molar-refractivity contribution in [1.82, 2.24) is 0 Å². The summed E-state index contributed by atoms with van der Waals surface area (Å²) in [6.07, 6.45) is -1.48. The molecule has 5 nitrogen and oxygen atoms in total. The molecule has 6 heteroatoms. The highest BCUT2D eigenvalue weighted by Crippen LogP contribution is 2.35. The number of methoxy groups -OCH3 is 1. The molecule has 0 aromatic carbocycles. The molecule has 0 saturated carbocycles. The summed E-state index contributed by atoms with van der Waals surface area (Å²) < 4.78 is 15.3. The molecule has 0 aromatic heterocycles. The summed E-state index contributed by atoms with van der Waals surface area (Å²) >= 11 is 3.36. The number of rotatable bonds is 2. The quantitative estimate of drug-likeness (QED) is 0.571. The van der Waals surface area contributed by atoms with Crippen LogP contribution in [0.3, 0.4) is 0 Å². The molecule has 1 heterocycles. The van der Waals surface area contributed by atoms with Crippen LogP contribution in [0.2, 0.25) is 0 Å². The molecule has 98 valence electrons. The van der Waals surface area contributed by atoms with E-state index in [-0.39, 0.29) is 16.8 Å². The minimum atomic E-state index is -0.875. The smallest absolute Gasteiger partial charge is 0.338 e. The third-order valence-electron chi connectivity index (χ3n) is 3.07. The van der Waals surface area contributed by atoms with E-state index in [1.54, 1.807) is 0 Å². The highest BCUT2D eigenvalue weighted by atomic mass is 79.9. The zero-order valence-electron chi connectivity index (χ0n) is 10.3. The van der Waals surface area contributed by atoms with Crippen LogP contribution in [-0.4, -0.2) is 36.3 Å². The molecule has 0 aromatic rings. The minimum Gasteiger partial charge on any atom is -0.467 e. The van der Waals surface area contributed by atoms with Crippen LogP contribution in [0.1, 0.15) is 20.8 Å². The van der Waals surface area contributed by atoms with Crippen molar-refractivity contribution in [2.75, 3.05) is 7.11 Å². The molecule has 0 N–H and O–H groups in total. The van der Waals surface area contributed by atoms with E-state index in [1.807, 2.05) is 13.8 Å². The third-order valence-corrected chi connectivity index (χ3v) is 4.12. The second-order valence-corrected chi connectivity index (χ2v) is 5.13. The molecule has 0 spiro atoms. The van der Waals surface area contributed by atoms with Gasteiger partial charge < -0.3 is 14.2 Å². The Morgan fingerprint density at radius 2 is 1.82 bits per heavy atom. The highest BCUT2D eigenvalue weighted by Gasteiger charge is 2.46. The summed E-state index contributed by atoms with van der Waals surface area (Å²) in [6.45, 7) is 5.20. The van der Waals surface area contributed by atoms with E-state index in [2.05, 4.69) is 20.7 Å². The van der Waals surface area contributed by atoms with Gasteiger partial charge in [0.1, 0.15) is 11.1 Å². The van der Waals surface area contributed by atoms with Gasteiger partial charge in [-0.15, -0.1) is 0 Å². The van der Waals surface area contributed by atoms with Gasteiger partial charge in [-0.05, 0) is 5.92 Å². The molecule has 0 bridgehead atoms. The normalized spacial score (nSPS) is 37.4. The van der Waals surface area contributed by atoms with Crippen molar-refractivity contribution in [2.45, 2.75) is 38.0 Å². The Morgan fingerprint density at radius 1 is 1.24 bits per heavy atom. The predicted octanol–water partition coefficient (Wildman–Crippen LogP) is 1.48. The fourth-order valence-corrected chi connectivity index (χ4v) is 2.54. The zero-order valence-corrected chi connectivity index (χ0v) is 11.9. The first-order valence-corrected chi connectivity index (χ1v) is 6.34. The number of esters is 2. The molecule has 1 aliphatic rings. The predicted molar refractivity (Wildman–Crippen MR) is 63.5 cm³/mol. The Hall–Kier alpha value is -0.620. The molecule has 1 unspecified atom stereocenters. The summed E-state index contributed by atoms with van der Waals surface area (Å²) in [4.78, 5) is 22.7. The number of carbonyl (C=O) groups is 2. The minimum absolute atomic E-state index is 0.00104. The first-order valence-electron chi connectivity index (χ1n) is 5.43. The molecule has 1 fully saturated rings. The molecule has 0 radical (unpaired) electrons. The molecule has 0 amide bonds. The van der Waals surface area contributed by atoms with Gasteiger partial charge in [0.05, 0.1) is 7.11 Å². The molecule has 5 atom stereocenters. The van der Waals surface area contributed by atoms with Crippen molar-refractivity contribution in [1.29, 1.82) is 0 Å². The third kappa shape index (κ3) is 3.19. The largest absolute Gasteiger partial charge is 0.467 e. The number of halogens is 1. The van der Waals surface area contributed by atoms with Crippen molar-refractivity contribution >= 4 is 27.9 Å². The molecule has 0 aliphatic carbocycles. The van der Waals surface area contributed by atoms with Gasteiger partial charge in [0.2, 0.25) is 0 Å². The fraction of sp³-hybridized carbons (Fsp3) is 0.818. The SMILES string of the molecule is COC(=O)[C@H]1O[C@H](Br)[C@H](C)[C@@H](C)C1OC(C)=O. The Morgan fingerprint density at radius 3 is 2.29 bits per heavy atom.